The molecule has 1 amide bonds. The molecular formula is C31H34ClN7O2. The molecule has 9 nitrogen and oxygen atoms in total. The zero-order chi connectivity index (χ0) is 28.8. The van der Waals surface area contributed by atoms with Crippen molar-refractivity contribution < 1.29 is 9.59 Å². The summed E-state index contributed by atoms with van der Waals surface area (Å²) in [7, 11) is 3.88. The van der Waals surface area contributed by atoms with E-state index in [1.54, 1.807) is 36.5 Å². The van der Waals surface area contributed by atoms with E-state index < -0.39 is 0 Å². The van der Waals surface area contributed by atoms with Gasteiger partial charge in [0.25, 0.3) is 0 Å². The Labute approximate surface area is 244 Å². The lowest BCUT2D eigenvalue weighted by molar-refractivity contribution is -0.111. The molecule has 212 valence electrons. The molecule has 10 heteroatoms. The lowest BCUT2D eigenvalue weighted by Gasteiger charge is -2.30. The largest absolute Gasteiger partial charge is 0.360 e. The molecule has 0 spiro atoms. The maximum Gasteiger partial charge on any atom is 0.248 e. The van der Waals surface area contributed by atoms with Crippen LogP contribution in [0.3, 0.4) is 0 Å². The Kier molecular flexibility index (Phi) is 9.08. The van der Waals surface area contributed by atoms with Crippen molar-refractivity contribution in [2.75, 3.05) is 37.8 Å². The van der Waals surface area contributed by atoms with Gasteiger partial charge in [0.2, 0.25) is 11.9 Å². The van der Waals surface area contributed by atoms with E-state index in [1.807, 2.05) is 49.5 Å². The van der Waals surface area contributed by atoms with E-state index in [0.717, 1.165) is 35.7 Å². The molecule has 0 bridgehead atoms. The van der Waals surface area contributed by atoms with Gasteiger partial charge in [-0.1, -0.05) is 35.9 Å². The molecule has 0 saturated carbocycles. The summed E-state index contributed by atoms with van der Waals surface area (Å²) in [5.41, 5.74) is 3.86. The number of hydrogen-bond acceptors (Lipinski definition) is 7. The van der Waals surface area contributed by atoms with Gasteiger partial charge in [0.05, 0.1) is 23.0 Å². The molecule has 2 atom stereocenters. The zero-order valence-electron chi connectivity index (χ0n) is 23.2. The molecular weight excluding hydrogens is 538 g/mol. The quantitative estimate of drug-likeness (QED) is 0.154. The molecule has 0 aliphatic carbocycles. The minimum Gasteiger partial charge on any atom is -0.360 e. The van der Waals surface area contributed by atoms with Gasteiger partial charge in [-0.15, -0.1) is 0 Å². The van der Waals surface area contributed by atoms with E-state index in [4.69, 9.17) is 16.6 Å². The summed E-state index contributed by atoms with van der Waals surface area (Å²) < 4.78 is 0. The van der Waals surface area contributed by atoms with Gasteiger partial charge in [-0.2, -0.15) is 0 Å². The van der Waals surface area contributed by atoms with Crippen molar-refractivity contribution in [2.45, 2.75) is 31.3 Å². The normalized spacial score (nSPS) is 17.3. The molecule has 2 aromatic carbocycles. The summed E-state index contributed by atoms with van der Waals surface area (Å²) >= 11 is 6.47. The number of anilines is 2. The number of nitrogens with one attached hydrogen (secondary N) is 4. The van der Waals surface area contributed by atoms with Gasteiger partial charge in [-0.3, -0.25) is 9.59 Å². The van der Waals surface area contributed by atoms with Crippen molar-refractivity contribution in [3.63, 3.8) is 0 Å². The number of carbonyl (C=O) groups is 2. The highest BCUT2D eigenvalue weighted by atomic mass is 35.5. The highest BCUT2D eigenvalue weighted by Gasteiger charge is 2.27. The molecule has 4 aromatic rings. The molecule has 2 aromatic heterocycles. The molecule has 0 radical (unpaired) electrons. The molecule has 41 heavy (non-hydrogen) atoms. The van der Waals surface area contributed by atoms with E-state index in [1.165, 1.54) is 6.08 Å². The fraction of sp³-hybridized carbons (Fsp3) is 0.290. The first-order valence-electron chi connectivity index (χ1n) is 13.7. The summed E-state index contributed by atoms with van der Waals surface area (Å²) in [5.74, 6) is 0.329. The smallest absolute Gasteiger partial charge is 0.248 e. The van der Waals surface area contributed by atoms with Crippen LogP contribution in [0.1, 0.15) is 29.6 Å². The first-order chi connectivity index (χ1) is 19.9. The number of H-pyrrole nitrogens is 1. The van der Waals surface area contributed by atoms with Gasteiger partial charge in [0.15, 0.2) is 5.78 Å². The summed E-state index contributed by atoms with van der Waals surface area (Å²) in [5, 5.41) is 11.2. The average Bonchev–Trinajstić information content (AvgIpc) is 3.41. The summed E-state index contributed by atoms with van der Waals surface area (Å²) in [6.07, 6.45) is 9.47. The Hall–Kier alpha value is -4.05. The predicted molar refractivity (Wildman–Crippen MR) is 164 cm³/mol. The van der Waals surface area contributed by atoms with Crippen LogP contribution in [0.15, 0.2) is 73.1 Å². The van der Waals surface area contributed by atoms with E-state index >= 15 is 0 Å². The van der Waals surface area contributed by atoms with Gasteiger partial charge < -0.3 is 25.8 Å². The molecule has 1 aliphatic rings. The van der Waals surface area contributed by atoms with E-state index in [2.05, 4.69) is 25.9 Å². The number of amides is 1. The third-order valence-electron chi connectivity index (χ3n) is 7.07. The topological polar surface area (TPSA) is 115 Å². The van der Waals surface area contributed by atoms with Crippen molar-refractivity contribution in [2.24, 2.45) is 0 Å². The lowest BCUT2D eigenvalue weighted by atomic mass is 9.92. The maximum absolute atomic E-state index is 13.3. The number of fused-ring (bicyclic) bond motifs is 1. The number of likely N-dealkylation sites (N-methyl/N-ethyl adjacent to an activating group) is 1. The first-order valence-corrected chi connectivity index (χ1v) is 14.1. The summed E-state index contributed by atoms with van der Waals surface area (Å²) in [6, 6.07) is 14.9. The van der Waals surface area contributed by atoms with Crippen LogP contribution >= 0.6 is 11.6 Å². The molecule has 3 heterocycles. The Morgan fingerprint density at radius 1 is 1.12 bits per heavy atom. The molecule has 1 aliphatic heterocycles. The minimum absolute atomic E-state index is 0.0443. The number of halogens is 1. The summed E-state index contributed by atoms with van der Waals surface area (Å²) in [4.78, 5) is 39.6. The number of benzene rings is 2. The van der Waals surface area contributed by atoms with Crippen LogP contribution in [0.4, 0.5) is 11.6 Å². The molecule has 5 rings (SSSR count). The number of para-hydroxylation sites is 1. The molecule has 1 saturated heterocycles. The fourth-order valence-corrected chi connectivity index (χ4v) is 5.18. The van der Waals surface area contributed by atoms with Gasteiger partial charge >= 0.3 is 0 Å². The Balaban J connectivity index is 1.17. The summed E-state index contributed by atoms with van der Waals surface area (Å²) in [6.45, 7) is 1.26. The maximum atomic E-state index is 13.3. The van der Waals surface area contributed by atoms with Crippen LogP contribution in [0.5, 0.6) is 0 Å². The van der Waals surface area contributed by atoms with Gasteiger partial charge in [-0.05, 0) is 63.7 Å². The van der Waals surface area contributed by atoms with Gasteiger partial charge in [0, 0.05) is 59.1 Å². The van der Waals surface area contributed by atoms with Crippen molar-refractivity contribution in [1.29, 1.82) is 0 Å². The van der Waals surface area contributed by atoms with Crippen molar-refractivity contribution >= 4 is 45.8 Å². The monoisotopic (exact) mass is 571 g/mol. The first kappa shape index (κ1) is 28.5. The number of piperidine rings is 1. The molecule has 2 unspecified atom stereocenters. The third kappa shape index (κ3) is 7.18. The number of aromatic nitrogens is 3. The van der Waals surface area contributed by atoms with E-state index in [0.29, 0.717) is 41.0 Å². The Bertz CT molecular complexity index is 1550. The molecule has 1 fully saturated rings. The van der Waals surface area contributed by atoms with Crippen molar-refractivity contribution in [3.05, 3.63) is 83.7 Å². The predicted octanol–water partition coefficient (Wildman–Crippen LogP) is 5.14. The van der Waals surface area contributed by atoms with E-state index in [9.17, 15) is 9.59 Å². The van der Waals surface area contributed by atoms with Crippen LogP contribution in [0, 0.1) is 0 Å². The zero-order valence-corrected chi connectivity index (χ0v) is 23.9. The lowest BCUT2D eigenvalue weighted by Crippen LogP contribution is -2.49. The van der Waals surface area contributed by atoms with Crippen LogP contribution in [0.25, 0.3) is 22.2 Å². The number of ketones is 1. The minimum atomic E-state index is -0.280. The SMILES string of the molecule is CN(C)C/C=C/C(=O)Nc1ccc(C(=O)C2CCCC(CNc3ncc(Cl)c(-c4c[nH]c5ccccc45)n3)N2)cc1. The van der Waals surface area contributed by atoms with Crippen LogP contribution < -0.4 is 16.0 Å². The third-order valence-corrected chi connectivity index (χ3v) is 7.35. The number of aromatic amines is 1. The van der Waals surface area contributed by atoms with Gasteiger partial charge in [0.1, 0.15) is 0 Å². The van der Waals surface area contributed by atoms with Crippen molar-refractivity contribution in [3.8, 4) is 11.3 Å². The van der Waals surface area contributed by atoms with E-state index in [-0.39, 0.29) is 23.8 Å². The van der Waals surface area contributed by atoms with Crippen LogP contribution in [0.2, 0.25) is 5.02 Å². The molecule has 4 N–H and O–H groups in total. The fourth-order valence-electron chi connectivity index (χ4n) is 4.98. The number of Topliss-reactive ketones (excluding diaryl/α,β-unsaturated/α-hetero) is 1. The number of nitrogens with zero attached hydrogens (tertiary/aromatic N) is 3. The van der Waals surface area contributed by atoms with Gasteiger partial charge in [-0.25, -0.2) is 9.97 Å². The second-order valence-corrected chi connectivity index (χ2v) is 10.9. The Morgan fingerprint density at radius 3 is 2.73 bits per heavy atom. The Morgan fingerprint density at radius 2 is 1.93 bits per heavy atom. The standard InChI is InChI=1S/C31H34ClN7O2/c1-39(2)16-6-11-28(40)37-21-14-12-20(13-15-21)30(41)27-10-5-7-22(36-27)17-34-31-35-19-25(32)29(38-31)24-18-33-26-9-4-3-8-23(24)26/h3-4,6,8-9,11-15,18-19,22,27,33,36H,5,7,10,16-17H2,1-2H3,(H,37,40)(H,34,35,38)/b11-6+. The second-order valence-electron chi connectivity index (χ2n) is 10.5. The van der Waals surface area contributed by atoms with Crippen LogP contribution in [-0.2, 0) is 4.79 Å². The number of carbonyl (C=O) groups excluding carboxylic acids is 2. The van der Waals surface area contributed by atoms with Crippen LogP contribution in [-0.4, -0.2) is 70.8 Å². The second kappa shape index (κ2) is 13.1. The highest BCUT2D eigenvalue weighted by molar-refractivity contribution is 6.33. The number of hydrogen-bond donors (Lipinski definition) is 4. The number of rotatable bonds is 10. The van der Waals surface area contributed by atoms with Crippen molar-refractivity contribution in [1.82, 2.24) is 25.2 Å². The average molecular weight is 572 g/mol. The highest BCUT2D eigenvalue weighted by Crippen LogP contribution is 2.32.